The summed E-state index contributed by atoms with van der Waals surface area (Å²) in [5.74, 6) is 0.149. The van der Waals surface area contributed by atoms with Crippen LogP contribution in [-0.2, 0) is 16.4 Å². The Bertz CT molecular complexity index is 1450. The molecule has 0 spiro atoms. The summed E-state index contributed by atoms with van der Waals surface area (Å²) in [6.45, 7) is 0.318. The summed E-state index contributed by atoms with van der Waals surface area (Å²) in [6, 6.07) is 16.9. The van der Waals surface area contributed by atoms with Crippen molar-refractivity contribution in [1.82, 2.24) is 4.57 Å². The number of aromatic nitrogens is 1. The Hall–Kier alpha value is -3.65. The minimum Gasteiger partial charge on any atom is -0.493 e. The highest BCUT2D eigenvalue weighted by Crippen LogP contribution is 2.32. The molecule has 0 unspecified atom stereocenters. The van der Waals surface area contributed by atoms with Crippen LogP contribution in [0, 0.1) is 5.82 Å². The largest absolute Gasteiger partial charge is 0.493 e. The van der Waals surface area contributed by atoms with Crippen LogP contribution in [-0.4, -0.2) is 27.2 Å². The zero-order valence-corrected chi connectivity index (χ0v) is 18.2. The highest BCUT2D eigenvalue weighted by Gasteiger charge is 2.25. The van der Waals surface area contributed by atoms with Gasteiger partial charge in [0.25, 0.3) is 0 Å². The first-order valence-corrected chi connectivity index (χ1v) is 11.2. The zero-order chi connectivity index (χ0) is 22.9. The van der Waals surface area contributed by atoms with Crippen molar-refractivity contribution in [3.63, 3.8) is 0 Å². The second-order valence-electron chi connectivity index (χ2n) is 7.12. The molecule has 0 fully saturated rings. The van der Waals surface area contributed by atoms with E-state index in [9.17, 15) is 17.6 Å². The molecule has 4 rings (SSSR count). The Labute approximate surface area is 184 Å². The van der Waals surface area contributed by atoms with Crippen molar-refractivity contribution in [3.05, 3.63) is 94.5 Å². The third-order valence-corrected chi connectivity index (χ3v) is 6.92. The Morgan fingerprint density at radius 2 is 1.53 bits per heavy atom. The standard InChI is InChI=1S/C24H20FNO5S/c1-30-21-12-19-20(13-22(21)31-2)26(14-16-6-4-3-5-7-16)15-23(24(19)27)32(28,29)18-10-8-17(25)9-11-18/h3-13,15H,14H2,1-2H3. The fourth-order valence-electron chi connectivity index (χ4n) is 3.53. The molecule has 32 heavy (non-hydrogen) atoms. The smallest absolute Gasteiger partial charge is 0.211 e. The Morgan fingerprint density at radius 3 is 2.16 bits per heavy atom. The predicted octanol–water partition coefficient (Wildman–Crippen LogP) is 4.04. The molecule has 0 aliphatic carbocycles. The second kappa shape index (κ2) is 8.47. The number of halogens is 1. The molecule has 0 aliphatic rings. The molecule has 8 heteroatoms. The number of sulfone groups is 1. The van der Waals surface area contributed by atoms with E-state index in [2.05, 4.69) is 0 Å². The first-order valence-electron chi connectivity index (χ1n) is 9.69. The first kappa shape index (κ1) is 21.6. The molecule has 0 saturated heterocycles. The van der Waals surface area contributed by atoms with Gasteiger partial charge < -0.3 is 14.0 Å². The van der Waals surface area contributed by atoms with Crippen molar-refractivity contribution in [2.75, 3.05) is 14.2 Å². The topological polar surface area (TPSA) is 74.6 Å². The molecule has 164 valence electrons. The molecule has 3 aromatic carbocycles. The lowest BCUT2D eigenvalue weighted by Gasteiger charge is -2.16. The lowest BCUT2D eigenvalue weighted by Crippen LogP contribution is -2.20. The van der Waals surface area contributed by atoms with Gasteiger partial charge in [-0.15, -0.1) is 0 Å². The molecule has 0 saturated carbocycles. The van der Waals surface area contributed by atoms with Crippen LogP contribution < -0.4 is 14.9 Å². The number of ether oxygens (including phenoxy) is 2. The van der Waals surface area contributed by atoms with Crippen LogP contribution in [0.2, 0.25) is 0 Å². The molecular weight excluding hydrogens is 433 g/mol. The van der Waals surface area contributed by atoms with E-state index in [-0.39, 0.29) is 10.3 Å². The lowest BCUT2D eigenvalue weighted by atomic mass is 10.1. The summed E-state index contributed by atoms with van der Waals surface area (Å²) in [5.41, 5.74) is 0.738. The van der Waals surface area contributed by atoms with Gasteiger partial charge in [0, 0.05) is 18.8 Å². The minimum absolute atomic E-state index is 0.165. The van der Waals surface area contributed by atoms with Gasteiger partial charge in [-0.25, -0.2) is 12.8 Å². The third kappa shape index (κ3) is 3.85. The van der Waals surface area contributed by atoms with Crippen LogP contribution in [0.5, 0.6) is 11.5 Å². The van der Waals surface area contributed by atoms with E-state index >= 15 is 0 Å². The van der Waals surface area contributed by atoms with Crippen molar-refractivity contribution < 1.29 is 22.3 Å². The zero-order valence-electron chi connectivity index (χ0n) is 17.4. The van der Waals surface area contributed by atoms with Gasteiger partial charge in [0.2, 0.25) is 15.3 Å². The molecule has 0 atom stereocenters. The molecule has 0 bridgehead atoms. The van der Waals surface area contributed by atoms with Gasteiger partial charge in [0.15, 0.2) is 11.5 Å². The van der Waals surface area contributed by atoms with Gasteiger partial charge in [0.05, 0.1) is 30.0 Å². The molecule has 0 aliphatic heterocycles. The molecule has 1 aromatic heterocycles. The number of methoxy groups -OCH3 is 2. The van der Waals surface area contributed by atoms with E-state index in [0.717, 1.165) is 29.8 Å². The normalized spacial score (nSPS) is 11.5. The summed E-state index contributed by atoms with van der Waals surface area (Å²) < 4.78 is 52.3. The van der Waals surface area contributed by atoms with Crippen LogP contribution >= 0.6 is 0 Å². The maximum absolute atomic E-state index is 13.3. The number of hydrogen-bond donors (Lipinski definition) is 0. The fraction of sp³-hybridized carbons (Fsp3) is 0.125. The average molecular weight is 453 g/mol. The van der Waals surface area contributed by atoms with E-state index in [1.165, 1.54) is 26.5 Å². The number of benzene rings is 3. The molecular formula is C24H20FNO5S. The van der Waals surface area contributed by atoms with E-state index in [1.807, 2.05) is 30.3 Å². The van der Waals surface area contributed by atoms with Crippen LogP contribution in [0.3, 0.4) is 0 Å². The van der Waals surface area contributed by atoms with Gasteiger partial charge in [-0.3, -0.25) is 4.79 Å². The summed E-state index contributed by atoms with van der Waals surface area (Å²) in [7, 11) is -1.28. The van der Waals surface area contributed by atoms with E-state index in [4.69, 9.17) is 9.47 Å². The first-order chi connectivity index (χ1) is 15.3. The van der Waals surface area contributed by atoms with Crippen molar-refractivity contribution in [1.29, 1.82) is 0 Å². The Kier molecular flexibility index (Phi) is 5.71. The lowest BCUT2D eigenvalue weighted by molar-refractivity contribution is 0.355. The number of rotatable bonds is 6. The highest BCUT2D eigenvalue weighted by atomic mass is 32.2. The Morgan fingerprint density at radius 1 is 0.906 bits per heavy atom. The summed E-state index contributed by atoms with van der Waals surface area (Å²) in [4.78, 5) is 12.8. The van der Waals surface area contributed by atoms with E-state index < -0.39 is 26.0 Å². The Balaban J connectivity index is 2.02. The maximum atomic E-state index is 13.3. The second-order valence-corrected chi connectivity index (χ2v) is 9.04. The van der Waals surface area contributed by atoms with Gasteiger partial charge in [-0.1, -0.05) is 30.3 Å². The number of fused-ring (bicyclic) bond motifs is 1. The van der Waals surface area contributed by atoms with Crippen molar-refractivity contribution in [3.8, 4) is 11.5 Å². The van der Waals surface area contributed by atoms with E-state index in [1.54, 1.807) is 10.6 Å². The van der Waals surface area contributed by atoms with Gasteiger partial charge in [-0.2, -0.15) is 0 Å². The van der Waals surface area contributed by atoms with Gasteiger partial charge in [-0.05, 0) is 35.9 Å². The van der Waals surface area contributed by atoms with Crippen LogP contribution in [0.4, 0.5) is 4.39 Å². The SMILES string of the molecule is COc1cc2c(=O)c(S(=O)(=O)c3ccc(F)cc3)cn(Cc3ccccc3)c2cc1OC. The maximum Gasteiger partial charge on any atom is 0.211 e. The number of pyridine rings is 1. The monoisotopic (exact) mass is 453 g/mol. The van der Waals surface area contributed by atoms with Crippen LogP contribution in [0.25, 0.3) is 10.9 Å². The molecule has 0 amide bonds. The van der Waals surface area contributed by atoms with E-state index in [0.29, 0.717) is 23.6 Å². The number of hydrogen-bond acceptors (Lipinski definition) is 5. The van der Waals surface area contributed by atoms with Crippen molar-refractivity contribution in [2.45, 2.75) is 16.3 Å². The van der Waals surface area contributed by atoms with Crippen molar-refractivity contribution >= 4 is 20.7 Å². The molecule has 0 radical (unpaired) electrons. The molecule has 0 N–H and O–H groups in total. The highest BCUT2D eigenvalue weighted by molar-refractivity contribution is 7.91. The molecule has 1 heterocycles. The van der Waals surface area contributed by atoms with Crippen molar-refractivity contribution in [2.24, 2.45) is 0 Å². The van der Waals surface area contributed by atoms with Crippen LogP contribution in [0.15, 0.2) is 87.5 Å². The summed E-state index contributed by atoms with van der Waals surface area (Å²) in [5, 5.41) is 0.168. The predicted molar refractivity (Wildman–Crippen MR) is 119 cm³/mol. The third-order valence-electron chi connectivity index (χ3n) is 5.16. The summed E-state index contributed by atoms with van der Waals surface area (Å²) >= 11 is 0. The summed E-state index contributed by atoms with van der Waals surface area (Å²) in [6.07, 6.45) is 1.32. The minimum atomic E-state index is -4.20. The number of nitrogens with zero attached hydrogens (tertiary/aromatic N) is 1. The quantitative estimate of drug-likeness (QED) is 0.412. The van der Waals surface area contributed by atoms with Gasteiger partial charge >= 0.3 is 0 Å². The average Bonchev–Trinajstić information content (AvgIpc) is 2.80. The molecule has 4 aromatic rings. The molecule has 6 nitrogen and oxygen atoms in total. The van der Waals surface area contributed by atoms with Gasteiger partial charge in [0.1, 0.15) is 10.7 Å². The fourth-order valence-corrected chi connectivity index (χ4v) is 4.90. The van der Waals surface area contributed by atoms with Crippen LogP contribution in [0.1, 0.15) is 5.56 Å².